The Hall–Kier alpha value is -0.650. The van der Waals surface area contributed by atoms with Gasteiger partial charge in [-0.15, -0.1) is 0 Å². The number of hydrogen-bond acceptors (Lipinski definition) is 5. The third-order valence-electron chi connectivity index (χ3n) is 2.04. The molecule has 0 N–H and O–H groups in total. The number of epoxide rings is 2. The van der Waals surface area contributed by atoms with Crippen LogP contribution in [-0.4, -0.2) is 51.7 Å². The highest BCUT2D eigenvalue weighted by molar-refractivity contribution is 5.69. The molecule has 0 spiro atoms. The maximum atomic E-state index is 10.7. The van der Waals surface area contributed by atoms with Crippen LogP contribution in [0.1, 0.15) is 19.8 Å². The van der Waals surface area contributed by atoms with Crippen LogP contribution in [0.5, 0.6) is 0 Å². The van der Waals surface area contributed by atoms with Gasteiger partial charge in [0, 0.05) is 13.5 Å². The second-order valence-electron chi connectivity index (χ2n) is 3.80. The van der Waals surface area contributed by atoms with Gasteiger partial charge in [-0.25, -0.2) is 0 Å². The largest absolute Gasteiger partial charge is 0.463 e. The summed E-state index contributed by atoms with van der Waals surface area (Å²) < 4.78 is 19.3. The van der Waals surface area contributed by atoms with Crippen molar-refractivity contribution < 1.29 is 23.7 Å². The van der Waals surface area contributed by atoms with Gasteiger partial charge in [0.25, 0.3) is 0 Å². The van der Waals surface area contributed by atoms with Gasteiger partial charge in [0.15, 0.2) is 0 Å². The van der Waals surface area contributed by atoms with Crippen LogP contribution >= 0.6 is 0 Å². The lowest BCUT2D eigenvalue weighted by molar-refractivity contribution is -0.144. The number of esters is 1. The highest BCUT2D eigenvalue weighted by Gasteiger charge is 2.23. The smallest absolute Gasteiger partial charge is 0.305 e. The van der Waals surface area contributed by atoms with Gasteiger partial charge in [0.05, 0.1) is 19.8 Å². The zero-order chi connectivity index (χ0) is 11.8. The number of carbonyl (C=O) groups excluding carboxylic acids is 1. The van der Waals surface area contributed by atoms with E-state index in [9.17, 15) is 4.79 Å². The molecular formula is C11H20O5. The molecule has 0 amide bonds. The Labute approximate surface area is 96.0 Å². The molecule has 2 aliphatic heterocycles. The van der Waals surface area contributed by atoms with Crippen LogP contribution in [0.15, 0.2) is 0 Å². The summed E-state index contributed by atoms with van der Waals surface area (Å²) in [4.78, 5) is 10.7. The van der Waals surface area contributed by atoms with Gasteiger partial charge in [-0.05, 0) is 6.42 Å². The van der Waals surface area contributed by atoms with E-state index in [1.165, 1.54) is 0 Å². The van der Waals surface area contributed by atoms with Crippen LogP contribution in [0, 0.1) is 0 Å². The van der Waals surface area contributed by atoms with Crippen molar-refractivity contribution in [2.45, 2.75) is 32.0 Å². The fraction of sp³-hybridized carbons (Fsp3) is 0.909. The minimum absolute atomic E-state index is 0.113. The number of ether oxygens (including phenoxy) is 4. The lowest BCUT2D eigenvalue weighted by Gasteiger charge is -1.99. The first kappa shape index (κ1) is 13.4. The van der Waals surface area contributed by atoms with Gasteiger partial charge in [-0.3, -0.25) is 4.79 Å². The minimum Gasteiger partial charge on any atom is -0.463 e. The zero-order valence-electron chi connectivity index (χ0n) is 9.94. The first-order chi connectivity index (χ1) is 7.76. The maximum Gasteiger partial charge on any atom is 0.305 e. The van der Waals surface area contributed by atoms with Gasteiger partial charge in [-0.1, -0.05) is 6.92 Å². The van der Waals surface area contributed by atoms with Crippen molar-refractivity contribution in [2.75, 3.05) is 33.5 Å². The molecule has 2 aliphatic rings. The highest BCUT2D eigenvalue weighted by Crippen LogP contribution is 2.09. The Bertz CT molecular complexity index is 199. The van der Waals surface area contributed by atoms with Gasteiger partial charge < -0.3 is 18.9 Å². The molecule has 0 radical (unpaired) electrons. The van der Waals surface area contributed by atoms with E-state index >= 15 is 0 Å². The molecule has 0 aromatic heterocycles. The summed E-state index contributed by atoms with van der Waals surface area (Å²) in [5.41, 5.74) is 0. The van der Waals surface area contributed by atoms with Crippen LogP contribution in [0.4, 0.5) is 0 Å². The maximum absolute atomic E-state index is 10.7. The third kappa shape index (κ3) is 7.62. The molecule has 0 aromatic carbocycles. The van der Waals surface area contributed by atoms with E-state index in [-0.39, 0.29) is 12.1 Å². The molecule has 94 valence electrons. The van der Waals surface area contributed by atoms with Crippen molar-refractivity contribution in [2.24, 2.45) is 0 Å². The molecule has 5 nitrogen and oxygen atoms in total. The second kappa shape index (κ2) is 7.60. The Balaban J connectivity index is 0.000000181. The summed E-state index contributed by atoms with van der Waals surface area (Å²) in [7, 11) is 1.68. The summed E-state index contributed by atoms with van der Waals surface area (Å²) in [6.45, 7) is 4.81. The normalized spacial score (nSPS) is 25.4. The molecule has 0 saturated carbocycles. The number of rotatable bonds is 6. The van der Waals surface area contributed by atoms with Crippen LogP contribution < -0.4 is 0 Å². The van der Waals surface area contributed by atoms with Crippen LogP contribution in [0.3, 0.4) is 0 Å². The molecule has 2 unspecified atom stereocenters. The van der Waals surface area contributed by atoms with Gasteiger partial charge in [0.1, 0.15) is 18.8 Å². The van der Waals surface area contributed by atoms with E-state index in [0.29, 0.717) is 19.1 Å². The number of carbonyl (C=O) groups is 1. The summed E-state index contributed by atoms with van der Waals surface area (Å²) in [6.07, 6.45) is 1.99. The quantitative estimate of drug-likeness (QED) is 0.500. The van der Waals surface area contributed by atoms with E-state index in [2.05, 4.69) is 0 Å². The summed E-state index contributed by atoms with van der Waals surface area (Å²) in [5.74, 6) is -0.113. The molecule has 2 rings (SSSR count). The van der Waals surface area contributed by atoms with E-state index < -0.39 is 0 Å². The zero-order valence-corrected chi connectivity index (χ0v) is 9.94. The number of methoxy groups -OCH3 is 1. The topological polar surface area (TPSA) is 60.6 Å². The number of hydrogen-bond donors (Lipinski definition) is 0. The van der Waals surface area contributed by atoms with Crippen molar-refractivity contribution in [1.82, 2.24) is 0 Å². The predicted octanol–water partition coefficient (Wildman–Crippen LogP) is 0.760. The third-order valence-corrected chi connectivity index (χ3v) is 2.04. The average molecular weight is 232 g/mol. The van der Waals surface area contributed by atoms with Gasteiger partial charge >= 0.3 is 5.97 Å². The highest BCUT2D eigenvalue weighted by atomic mass is 16.6. The fourth-order valence-electron chi connectivity index (χ4n) is 0.977. The van der Waals surface area contributed by atoms with Crippen molar-refractivity contribution in [3.05, 3.63) is 0 Å². The van der Waals surface area contributed by atoms with Gasteiger partial charge in [0.2, 0.25) is 0 Å². The standard InChI is InChI=1S/C7H12O3.C4H8O2/c1-2-3-7(8)10-5-6-4-9-6;1-5-2-4-3-6-4/h6H,2-5H2,1H3;4H,2-3H2,1H3. The van der Waals surface area contributed by atoms with Crippen molar-refractivity contribution in [1.29, 1.82) is 0 Å². The summed E-state index contributed by atoms with van der Waals surface area (Å²) in [5, 5.41) is 0. The predicted molar refractivity (Wildman–Crippen MR) is 57.2 cm³/mol. The molecule has 2 fully saturated rings. The Morgan fingerprint density at radius 2 is 1.81 bits per heavy atom. The minimum atomic E-state index is -0.113. The molecule has 5 heteroatoms. The molecule has 2 atom stereocenters. The first-order valence-corrected chi connectivity index (χ1v) is 5.64. The fourth-order valence-corrected chi connectivity index (χ4v) is 0.977. The van der Waals surface area contributed by atoms with E-state index in [4.69, 9.17) is 18.9 Å². The molecule has 2 heterocycles. The lowest BCUT2D eigenvalue weighted by atomic mass is 10.3. The SMILES string of the molecule is CCCC(=O)OCC1CO1.COCC1CO1. The van der Waals surface area contributed by atoms with Crippen LogP contribution in [0.2, 0.25) is 0 Å². The average Bonchev–Trinajstić information content (AvgIpc) is 3.12. The Morgan fingerprint density at radius 1 is 1.25 bits per heavy atom. The second-order valence-corrected chi connectivity index (χ2v) is 3.80. The first-order valence-electron chi connectivity index (χ1n) is 5.64. The Kier molecular flexibility index (Phi) is 6.37. The monoisotopic (exact) mass is 232 g/mol. The Morgan fingerprint density at radius 3 is 2.19 bits per heavy atom. The van der Waals surface area contributed by atoms with Crippen molar-refractivity contribution in [3.8, 4) is 0 Å². The summed E-state index contributed by atoms with van der Waals surface area (Å²) >= 11 is 0. The van der Waals surface area contributed by atoms with Crippen molar-refractivity contribution in [3.63, 3.8) is 0 Å². The molecule has 2 saturated heterocycles. The molecular weight excluding hydrogens is 212 g/mol. The summed E-state index contributed by atoms with van der Waals surface area (Å²) in [6, 6.07) is 0. The van der Waals surface area contributed by atoms with Crippen LogP contribution in [-0.2, 0) is 23.7 Å². The van der Waals surface area contributed by atoms with Crippen molar-refractivity contribution >= 4 is 5.97 Å². The molecule has 0 aliphatic carbocycles. The molecule has 16 heavy (non-hydrogen) atoms. The van der Waals surface area contributed by atoms with Crippen LogP contribution in [0.25, 0.3) is 0 Å². The van der Waals surface area contributed by atoms with Gasteiger partial charge in [-0.2, -0.15) is 0 Å². The molecule has 0 bridgehead atoms. The molecule has 0 aromatic rings. The lowest BCUT2D eigenvalue weighted by Crippen LogP contribution is -2.08. The van der Waals surface area contributed by atoms with E-state index in [0.717, 1.165) is 26.2 Å². The van der Waals surface area contributed by atoms with E-state index in [1.807, 2.05) is 6.92 Å². The van der Waals surface area contributed by atoms with E-state index in [1.54, 1.807) is 7.11 Å².